The summed E-state index contributed by atoms with van der Waals surface area (Å²) in [4.78, 5) is 0. The third-order valence-corrected chi connectivity index (χ3v) is 4.09. The second-order valence-corrected chi connectivity index (χ2v) is 8.32. The minimum atomic E-state index is -0.0281. The highest BCUT2D eigenvalue weighted by molar-refractivity contribution is 5.49. The molecule has 120 valence electrons. The summed E-state index contributed by atoms with van der Waals surface area (Å²) in [6.45, 7) is 14.0. The van der Waals surface area contributed by atoms with E-state index in [9.17, 15) is 5.11 Å². The molecule has 0 aromatic heterocycles. The van der Waals surface area contributed by atoms with Gasteiger partial charge in [0.25, 0.3) is 0 Å². The van der Waals surface area contributed by atoms with Gasteiger partial charge in [-0.3, -0.25) is 0 Å². The van der Waals surface area contributed by atoms with E-state index < -0.39 is 0 Å². The van der Waals surface area contributed by atoms with Gasteiger partial charge in [-0.05, 0) is 23.0 Å². The number of phenols is 1. The predicted molar refractivity (Wildman–Crippen MR) is 84.2 cm³/mol. The fourth-order valence-electron chi connectivity index (χ4n) is 2.59. The molecule has 1 fully saturated rings. The molecule has 2 rings (SSSR count). The molecule has 0 unspecified atom stereocenters. The number of benzene rings is 1. The van der Waals surface area contributed by atoms with Gasteiger partial charge in [-0.25, -0.2) is 0 Å². The SMILES string of the molecule is CC(C)(C)c1cc(C[NH2+]C2CC2)cc(C(C)(C)C)c1O.[Cl-]. The molecule has 0 spiro atoms. The lowest BCUT2D eigenvalue weighted by atomic mass is 9.78. The van der Waals surface area contributed by atoms with Crippen LogP contribution in [-0.2, 0) is 17.4 Å². The Morgan fingerprint density at radius 1 is 1.00 bits per heavy atom. The predicted octanol–water partition coefficient (Wildman–Crippen LogP) is 0.217. The molecule has 1 aromatic rings. The van der Waals surface area contributed by atoms with E-state index in [0.717, 1.165) is 23.7 Å². The molecule has 0 saturated heterocycles. The Bertz CT molecular complexity index is 458. The van der Waals surface area contributed by atoms with Gasteiger partial charge >= 0.3 is 0 Å². The van der Waals surface area contributed by atoms with Crippen LogP contribution in [-0.4, -0.2) is 11.1 Å². The van der Waals surface area contributed by atoms with Crippen LogP contribution in [0.3, 0.4) is 0 Å². The average Bonchev–Trinajstić information content (AvgIpc) is 3.08. The molecule has 0 heterocycles. The van der Waals surface area contributed by atoms with Crippen molar-refractivity contribution in [1.29, 1.82) is 0 Å². The van der Waals surface area contributed by atoms with E-state index in [1.165, 1.54) is 18.4 Å². The highest BCUT2D eigenvalue weighted by atomic mass is 35.5. The third kappa shape index (κ3) is 4.62. The molecule has 1 aromatic carbocycles. The fraction of sp³-hybridized carbons (Fsp3) is 0.667. The van der Waals surface area contributed by atoms with Crippen molar-refractivity contribution in [2.24, 2.45) is 0 Å². The van der Waals surface area contributed by atoms with E-state index >= 15 is 0 Å². The van der Waals surface area contributed by atoms with Gasteiger partial charge in [0.1, 0.15) is 12.3 Å². The van der Waals surface area contributed by atoms with Crippen molar-refractivity contribution < 1.29 is 22.8 Å². The van der Waals surface area contributed by atoms with Crippen molar-refractivity contribution in [3.63, 3.8) is 0 Å². The Morgan fingerprint density at radius 2 is 1.43 bits per heavy atom. The second-order valence-electron chi connectivity index (χ2n) is 8.32. The van der Waals surface area contributed by atoms with Crippen LogP contribution >= 0.6 is 0 Å². The number of hydrogen-bond acceptors (Lipinski definition) is 1. The smallest absolute Gasteiger partial charge is 0.123 e. The van der Waals surface area contributed by atoms with Gasteiger partial charge in [0.15, 0.2) is 0 Å². The van der Waals surface area contributed by atoms with Crippen molar-refractivity contribution in [1.82, 2.24) is 0 Å². The van der Waals surface area contributed by atoms with Crippen LogP contribution in [0.2, 0.25) is 0 Å². The quantitative estimate of drug-likeness (QED) is 0.823. The molecule has 0 aliphatic heterocycles. The van der Waals surface area contributed by atoms with E-state index in [1.807, 2.05) is 0 Å². The minimum absolute atomic E-state index is 0. The Morgan fingerprint density at radius 3 is 1.76 bits per heavy atom. The van der Waals surface area contributed by atoms with Gasteiger partial charge in [0.2, 0.25) is 0 Å². The van der Waals surface area contributed by atoms with Crippen molar-refractivity contribution in [2.75, 3.05) is 0 Å². The maximum absolute atomic E-state index is 10.7. The summed E-state index contributed by atoms with van der Waals surface area (Å²) in [7, 11) is 0. The van der Waals surface area contributed by atoms with Crippen LogP contribution in [0.1, 0.15) is 71.1 Å². The number of quaternary nitrogens is 1. The van der Waals surface area contributed by atoms with Gasteiger partial charge in [0, 0.05) is 29.5 Å². The maximum atomic E-state index is 10.7. The number of phenolic OH excluding ortho intramolecular Hbond substituents is 1. The molecule has 2 nitrogen and oxygen atoms in total. The van der Waals surface area contributed by atoms with Gasteiger partial charge < -0.3 is 22.8 Å². The molecule has 1 aliphatic carbocycles. The minimum Gasteiger partial charge on any atom is -1.00 e. The number of aromatic hydroxyl groups is 1. The Hall–Kier alpha value is -0.730. The van der Waals surface area contributed by atoms with Gasteiger partial charge in [-0.2, -0.15) is 0 Å². The summed E-state index contributed by atoms with van der Waals surface area (Å²) in [6.07, 6.45) is 2.71. The van der Waals surface area contributed by atoms with Crippen molar-refractivity contribution >= 4 is 0 Å². The topological polar surface area (TPSA) is 36.8 Å². The largest absolute Gasteiger partial charge is 1.00 e. The first-order chi connectivity index (χ1) is 9.09. The zero-order valence-corrected chi connectivity index (χ0v) is 15.0. The van der Waals surface area contributed by atoms with E-state index in [1.54, 1.807) is 0 Å². The monoisotopic (exact) mass is 311 g/mol. The molecule has 0 amide bonds. The zero-order chi connectivity index (χ0) is 15.1. The van der Waals surface area contributed by atoms with Crippen molar-refractivity contribution in [3.05, 3.63) is 28.8 Å². The van der Waals surface area contributed by atoms with E-state index in [0.29, 0.717) is 5.75 Å². The fourth-order valence-corrected chi connectivity index (χ4v) is 2.59. The van der Waals surface area contributed by atoms with E-state index in [2.05, 4.69) is 59.0 Å². The molecule has 0 atom stereocenters. The van der Waals surface area contributed by atoms with Gasteiger partial charge in [-0.1, -0.05) is 41.5 Å². The summed E-state index contributed by atoms with van der Waals surface area (Å²) in [5.41, 5.74) is 3.43. The van der Waals surface area contributed by atoms with Crippen LogP contribution in [0.4, 0.5) is 0 Å². The first kappa shape index (κ1) is 18.3. The average molecular weight is 312 g/mol. The Kier molecular flexibility index (Phi) is 5.39. The summed E-state index contributed by atoms with van der Waals surface area (Å²) < 4.78 is 0. The van der Waals surface area contributed by atoms with E-state index in [-0.39, 0.29) is 23.2 Å². The first-order valence-electron chi connectivity index (χ1n) is 7.79. The molecule has 3 heteroatoms. The third-order valence-electron chi connectivity index (χ3n) is 4.09. The molecule has 0 radical (unpaired) electrons. The Balaban J connectivity index is 0.00000220. The lowest BCUT2D eigenvalue weighted by Crippen LogP contribution is -3.00. The second kappa shape index (κ2) is 6.18. The highest BCUT2D eigenvalue weighted by Gasteiger charge is 2.28. The van der Waals surface area contributed by atoms with Crippen LogP contribution in [0.25, 0.3) is 0 Å². The molecule has 0 bridgehead atoms. The summed E-state index contributed by atoms with van der Waals surface area (Å²) in [5.74, 6) is 0.486. The van der Waals surface area contributed by atoms with Crippen molar-refractivity contribution in [2.45, 2.75) is 77.8 Å². The number of halogens is 1. The molecule has 3 N–H and O–H groups in total. The van der Waals surface area contributed by atoms with Gasteiger partial charge in [-0.15, -0.1) is 0 Å². The maximum Gasteiger partial charge on any atom is 0.123 e. The molecule has 1 aliphatic rings. The summed E-state index contributed by atoms with van der Waals surface area (Å²) in [6, 6.07) is 5.23. The lowest BCUT2D eigenvalue weighted by Gasteiger charge is -2.28. The normalized spacial score (nSPS) is 15.7. The molecular formula is C18H30ClNO. The summed E-state index contributed by atoms with van der Waals surface area (Å²) >= 11 is 0. The lowest BCUT2D eigenvalue weighted by molar-refractivity contribution is -0.683. The molecule has 21 heavy (non-hydrogen) atoms. The Labute approximate surface area is 135 Å². The van der Waals surface area contributed by atoms with Gasteiger partial charge in [0.05, 0.1) is 6.04 Å². The van der Waals surface area contributed by atoms with E-state index in [4.69, 9.17) is 0 Å². The van der Waals surface area contributed by atoms with Crippen LogP contribution in [0.5, 0.6) is 5.75 Å². The number of rotatable bonds is 3. The highest BCUT2D eigenvalue weighted by Crippen LogP contribution is 2.39. The number of nitrogens with two attached hydrogens (primary N) is 1. The zero-order valence-electron chi connectivity index (χ0n) is 14.3. The standard InChI is InChI=1S/C18H29NO.ClH/c1-17(2,3)14-9-12(11-19-13-7-8-13)10-15(16(14)20)18(4,5)6;/h9-10,13,19-20H,7-8,11H2,1-6H3;1H. The summed E-state index contributed by atoms with van der Waals surface area (Å²) in [5, 5.41) is 13.1. The first-order valence-corrected chi connectivity index (χ1v) is 7.79. The molecular weight excluding hydrogens is 282 g/mol. The van der Waals surface area contributed by atoms with Crippen LogP contribution < -0.4 is 17.7 Å². The molecule has 1 saturated carbocycles. The van der Waals surface area contributed by atoms with Crippen molar-refractivity contribution in [3.8, 4) is 5.75 Å². The van der Waals surface area contributed by atoms with Crippen LogP contribution in [0.15, 0.2) is 12.1 Å². The van der Waals surface area contributed by atoms with Crippen LogP contribution in [0, 0.1) is 0 Å². The number of hydrogen-bond donors (Lipinski definition) is 2.